The highest BCUT2D eigenvalue weighted by Gasteiger charge is 2.35. The standard InChI is InChI=1S/C10H15N3O3S/c1-7-11-3-2-8(13-7)4-12-9-5-17(15,16)6-10(9)14/h2-3,9-10,12,14H,4-6H2,1H3. The lowest BCUT2D eigenvalue weighted by atomic mass is 10.2. The number of aliphatic hydroxyl groups excluding tert-OH is 1. The van der Waals surface area contributed by atoms with Crippen LogP contribution in [0.1, 0.15) is 11.5 Å². The van der Waals surface area contributed by atoms with Crippen molar-refractivity contribution < 1.29 is 13.5 Å². The summed E-state index contributed by atoms with van der Waals surface area (Å²) in [7, 11) is -3.10. The molecule has 2 atom stereocenters. The lowest BCUT2D eigenvalue weighted by Crippen LogP contribution is -2.38. The van der Waals surface area contributed by atoms with Crippen molar-refractivity contribution in [2.75, 3.05) is 11.5 Å². The van der Waals surface area contributed by atoms with Gasteiger partial charge in [0.15, 0.2) is 9.84 Å². The first-order valence-corrected chi connectivity index (χ1v) is 7.19. The van der Waals surface area contributed by atoms with Crippen LogP contribution in [0.5, 0.6) is 0 Å². The number of hydrogen-bond acceptors (Lipinski definition) is 6. The van der Waals surface area contributed by atoms with E-state index in [1.165, 1.54) is 0 Å². The van der Waals surface area contributed by atoms with Crippen molar-refractivity contribution in [3.05, 3.63) is 23.8 Å². The van der Waals surface area contributed by atoms with Gasteiger partial charge in [-0.3, -0.25) is 0 Å². The van der Waals surface area contributed by atoms with Crippen molar-refractivity contribution in [2.24, 2.45) is 0 Å². The first-order valence-electron chi connectivity index (χ1n) is 5.37. The maximum absolute atomic E-state index is 11.3. The van der Waals surface area contributed by atoms with E-state index < -0.39 is 22.0 Å². The van der Waals surface area contributed by atoms with E-state index in [1.807, 2.05) is 0 Å². The molecule has 1 aromatic heterocycles. The van der Waals surface area contributed by atoms with Crippen molar-refractivity contribution in [3.63, 3.8) is 0 Å². The van der Waals surface area contributed by atoms with Crippen LogP contribution >= 0.6 is 0 Å². The topological polar surface area (TPSA) is 92.2 Å². The number of aromatic nitrogens is 2. The molecule has 0 saturated carbocycles. The van der Waals surface area contributed by atoms with Gasteiger partial charge in [0.05, 0.1) is 23.3 Å². The van der Waals surface area contributed by atoms with E-state index in [1.54, 1.807) is 19.2 Å². The highest BCUT2D eigenvalue weighted by atomic mass is 32.2. The summed E-state index contributed by atoms with van der Waals surface area (Å²) in [6.07, 6.45) is 0.823. The number of nitrogens with one attached hydrogen (secondary N) is 1. The van der Waals surface area contributed by atoms with Crippen LogP contribution in [0, 0.1) is 6.92 Å². The molecule has 0 radical (unpaired) electrons. The highest BCUT2D eigenvalue weighted by Crippen LogP contribution is 2.12. The van der Waals surface area contributed by atoms with E-state index >= 15 is 0 Å². The summed E-state index contributed by atoms with van der Waals surface area (Å²) in [4.78, 5) is 8.16. The van der Waals surface area contributed by atoms with Crippen LogP contribution in [0.3, 0.4) is 0 Å². The number of aryl methyl sites for hydroxylation is 1. The Hall–Kier alpha value is -1.05. The molecular weight excluding hydrogens is 242 g/mol. The zero-order valence-electron chi connectivity index (χ0n) is 9.50. The molecule has 1 aliphatic heterocycles. The number of nitrogens with zero attached hydrogens (tertiary/aromatic N) is 2. The summed E-state index contributed by atoms with van der Waals surface area (Å²) < 4.78 is 22.6. The van der Waals surface area contributed by atoms with Gasteiger partial charge in [-0.05, 0) is 13.0 Å². The molecule has 7 heteroatoms. The molecule has 94 valence electrons. The molecule has 2 unspecified atom stereocenters. The number of aliphatic hydroxyl groups is 1. The van der Waals surface area contributed by atoms with E-state index in [-0.39, 0.29) is 11.5 Å². The summed E-state index contributed by atoms with van der Waals surface area (Å²) in [6.45, 7) is 2.22. The van der Waals surface area contributed by atoms with Gasteiger partial charge in [0.25, 0.3) is 0 Å². The smallest absolute Gasteiger partial charge is 0.154 e. The van der Waals surface area contributed by atoms with Gasteiger partial charge in [0.2, 0.25) is 0 Å². The zero-order valence-corrected chi connectivity index (χ0v) is 10.3. The molecule has 0 bridgehead atoms. The SMILES string of the molecule is Cc1nccc(CNC2CS(=O)(=O)CC2O)n1. The Morgan fingerprint density at radius 1 is 1.53 bits per heavy atom. The van der Waals surface area contributed by atoms with Crippen LogP contribution in [-0.4, -0.2) is 47.1 Å². The predicted octanol–water partition coefficient (Wildman–Crippen LogP) is -0.967. The Bertz CT molecular complexity index is 503. The normalized spacial score (nSPS) is 27.2. The first-order chi connectivity index (χ1) is 7.96. The monoisotopic (exact) mass is 257 g/mol. The van der Waals surface area contributed by atoms with Gasteiger partial charge in [0, 0.05) is 18.8 Å². The summed E-state index contributed by atoms with van der Waals surface area (Å²) in [6, 6.07) is 1.35. The Morgan fingerprint density at radius 2 is 2.29 bits per heavy atom. The van der Waals surface area contributed by atoms with Gasteiger partial charge in [-0.25, -0.2) is 18.4 Å². The van der Waals surface area contributed by atoms with E-state index in [2.05, 4.69) is 15.3 Å². The van der Waals surface area contributed by atoms with Crippen molar-refractivity contribution >= 4 is 9.84 Å². The molecule has 0 amide bonds. The van der Waals surface area contributed by atoms with Gasteiger partial charge >= 0.3 is 0 Å². The van der Waals surface area contributed by atoms with Crippen LogP contribution in [0.25, 0.3) is 0 Å². The van der Waals surface area contributed by atoms with Crippen molar-refractivity contribution in [2.45, 2.75) is 25.6 Å². The third-order valence-electron chi connectivity index (χ3n) is 2.70. The van der Waals surface area contributed by atoms with Crippen LogP contribution in [0.2, 0.25) is 0 Å². The second kappa shape index (κ2) is 4.67. The maximum Gasteiger partial charge on any atom is 0.154 e. The number of sulfone groups is 1. The molecule has 0 aliphatic carbocycles. The minimum atomic E-state index is -3.10. The van der Waals surface area contributed by atoms with Gasteiger partial charge < -0.3 is 10.4 Å². The number of hydrogen-bond donors (Lipinski definition) is 2. The molecule has 0 aromatic carbocycles. The largest absolute Gasteiger partial charge is 0.390 e. The molecule has 2 heterocycles. The van der Waals surface area contributed by atoms with Crippen LogP contribution in [0.4, 0.5) is 0 Å². The predicted molar refractivity (Wildman–Crippen MR) is 62.1 cm³/mol. The van der Waals surface area contributed by atoms with Crippen LogP contribution in [-0.2, 0) is 16.4 Å². The molecule has 1 saturated heterocycles. The maximum atomic E-state index is 11.3. The molecule has 17 heavy (non-hydrogen) atoms. The van der Waals surface area contributed by atoms with Crippen LogP contribution < -0.4 is 5.32 Å². The number of rotatable bonds is 3. The Kier molecular flexibility index (Phi) is 3.41. The summed E-state index contributed by atoms with van der Waals surface area (Å²) in [5.74, 6) is 0.495. The quantitative estimate of drug-likeness (QED) is 0.724. The third-order valence-corrected chi connectivity index (χ3v) is 4.42. The fourth-order valence-electron chi connectivity index (χ4n) is 1.86. The van der Waals surface area contributed by atoms with Crippen molar-refractivity contribution in [3.8, 4) is 0 Å². The highest BCUT2D eigenvalue weighted by molar-refractivity contribution is 7.91. The van der Waals surface area contributed by atoms with Gasteiger partial charge in [-0.2, -0.15) is 0 Å². The average molecular weight is 257 g/mol. The lowest BCUT2D eigenvalue weighted by molar-refractivity contribution is 0.165. The zero-order chi connectivity index (χ0) is 12.5. The lowest BCUT2D eigenvalue weighted by Gasteiger charge is -2.14. The molecule has 1 aliphatic rings. The summed E-state index contributed by atoms with van der Waals surface area (Å²) >= 11 is 0. The second-order valence-electron chi connectivity index (χ2n) is 4.23. The fraction of sp³-hybridized carbons (Fsp3) is 0.600. The van der Waals surface area contributed by atoms with E-state index in [0.29, 0.717) is 12.4 Å². The Balaban J connectivity index is 1.95. The van der Waals surface area contributed by atoms with Gasteiger partial charge in [-0.15, -0.1) is 0 Å². The van der Waals surface area contributed by atoms with Gasteiger partial charge in [-0.1, -0.05) is 0 Å². The fourth-order valence-corrected chi connectivity index (χ4v) is 3.64. The Morgan fingerprint density at radius 3 is 2.88 bits per heavy atom. The molecule has 1 fully saturated rings. The second-order valence-corrected chi connectivity index (χ2v) is 6.38. The minimum Gasteiger partial charge on any atom is -0.390 e. The molecule has 2 N–H and O–H groups in total. The van der Waals surface area contributed by atoms with Crippen molar-refractivity contribution in [1.29, 1.82) is 0 Å². The minimum absolute atomic E-state index is 0.0156. The van der Waals surface area contributed by atoms with E-state index in [4.69, 9.17) is 0 Å². The molecule has 0 spiro atoms. The van der Waals surface area contributed by atoms with Gasteiger partial charge in [0.1, 0.15) is 5.82 Å². The summed E-state index contributed by atoms with van der Waals surface area (Å²) in [5, 5.41) is 12.6. The van der Waals surface area contributed by atoms with E-state index in [9.17, 15) is 13.5 Å². The Labute approximate surface area is 100 Å². The molecular formula is C10H15N3O3S. The summed E-state index contributed by atoms with van der Waals surface area (Å²) in [5.41, 5.74) is 0.786. The van der Waals surface area contributed by atoms with Crippen LogP contribution in [0.15, 0.2) is 12.3 Å². The average Bonchev–Trinajstić information content (AvgIpc) is 2.49. The van der Waals surface area contributed by atoms with E-state index in [0.717, 1.165) is 5.69 Å². The first kappa shape index (κ1) is 12.4. The third kappa shape index (κ3) is 3.21. The molecule has 6 nitrogen and oxygen atoms in total. The molecule has 2 rings (SSSR count). The van der Waals surface area contributed by atoms with Crippen molar-refractivity contribution in [1.82, 2.24) is 15.3 Å². The molecule has 1 aromatic rings.